The summed E-state index contributed by atoms with van der Waals surface area (Å²) in [4.78, 5) is 32.2. The van der Waals surface area contributed by atoms with Crippen molar-refractivity contribution >= 4 is 33.4 Å². The van der Waals surface area contributed by atoms with Crippen LogP contribution in [0, 0.1) is 0 Å². The number of hydrogen-bond acceptors (Lipinski definition) is 4. The van der Waals surface area contributed by atoms with Crippen molar-refractivity contribution in [3.05, 3.63) is 54.2 Å². The van der Waals surface area contributed by atoms with Gasteiger partial charge in [-0.3, -0.25) is 4.79 Å². The number of carbonyl (C=O) groups is 2. The molecule has 5 nitrogen and oxygen atoms in total. The van der Waals surface area contributed by atoms with Gasteiger partial charge in [-0.15, -0.1) is 11.3 Å². The third kappa shape index (κ3) is 2.97. The second-order valence-corrected chi connectivity index (χ2v) is 7.39. The van der Waals surface area contributed by atoms with Crippen LogP contribution in [-0.4, -0.2) is 39.5 Å². The van der Waals surface area contributed by atoms with Gasteiger partial charge in [0.2, 0.25) is 5.91 Å². The van der Waals surface area contributed by atoms with E-state index in [9.17, 15) is 14.7 Å². The molecular weight excluding hydrogens is 348 g/mol. The molecule has 0 spiro atoms. The zero-order chi connectivity index (χ0) is 18.1. The number of amides is 1. The first-order valence-corrected chi connectivity index (χ1v) is 9.41. The van der Waals surface area contributed by atoms with Crippen LogP contribution in [0.4, 0.5) is 0 Å². The first-order chi connectivity index (χ1) is 12.6. The molecule has 1 aliphatic heterocycles. The minimum absolute atomic E-state index is 0.129. The topological polar surface area (TPSA) is 70.5 Å². The molecule has 2 aromatic heterocycles. The summed E-state index contributed by atoms with van der Waals surface area (Å²) in [6, 6.07) is 13.1. The molecule has 132 valence electrons. The third-order valence-electron chi connectivity index (χ3n) is 4.79. The minimum Gasteiger partial charge on any atom is -0.480 e. The summed E-state index contributed by atoms with van der Waals surface area (Å²) in [5.41, 5.74) is 1.99. The summed E-state index contributed by atoms with van der Waals surface area (Å²) in [5, 5.41) is 10.3. The van der Waals surface area contributed by atoms with E-state index in [2.05, 4.69) is 4.98 Å². The number of pyridine rings is 1. The van der Waals surface area contributed by atoms with Gasteiger partial charge in [-0.1, -0.05) is 36.4 Å². The number of aromatic nitrogens is 1. The summed E-state index contributed by atoms with van der Waals surface area (Å²) >= 11 is 1.57. The van der Waals surface area contributed by atoms with Crippen LogP contribution in [0.25, 0.3) is 20.7 Å². The Morgan fingerprint density at radius 2 is 2.00 bits per heavy atom. The Morgan fingerprint density at radius 3 is 2.77 bits per heavy atom. The zero-order valence-corrected chi connectivity index (χ0v) is 14.9. The number of likely N-dealkylation sites (tertiary alicyclic amines) is 1. The first kappa shape index (κ1) is 16.7. The normalized spacial score (nSPS) is 16.9. The van der Waals surface area contributed by atoms with Crippen molar-refractivity contribution in [3.63, 3.8) is 0 Å². The average Bonchev–Trinajstić information content (AvgIpc) is 3.28. The van der Waals surface area contributed by atoms with E-state index in [4.69, 9.17) is 0 Å². The van der Waals surface area contributed by atoms with E-state index in [1.165, 1.54) is 4.90 Å². The third-order valence-corrected chi connectivity index (χ3v) is 6.00. The average molecular weight is 366 g/mol. The fraction of sp³-hybridized carbons (Fsp3) is 0.250. The van der Waals surface area contributed by atoms with E-state index in [1.807, 2.05) is 42.5 Å². The van der Waals surface area contributed by atoms with Crippen molar-refractivity contribution in [2.75, 3.05) is 6.54 Å². The largest absolute Gasteiger partial charge is 0.480 e. The molecule has 26 heavy (non-hydrogen) atoms. The van der Waals surface area contributed by atoms with E-state index < -0.39 is 12.0 Å². The van der Waals surface area contributed by atoms with Crippen molar-refractivity contribution in [2.45, 2.75) is 25.3 Å². The van der Waals surface area contributed by atoms with E-state index in [-0.39, 0.29) is 12.3 Å². The number of nitrogens with zero attached hydrogens (tertiary/aromatic N) is 2. The standard InChI is InChI=1S/C20H18N2O3S/c23-17(22-11-5-9-16(22)20(24)25)12-15-14-8-4-10-21-19(14)26-18(15)13-6-2-1-3-7-13/h1-4,6-8,10,16H,5,9,11-12H2,(H,24,25)/t16-/m1/s1. The van der Waals surface area contributed by atoms with E-state index in [0.29, 0.717) is 13.0 Å². The van der Waals surface area contributed by atoms with Crippen LogP contribution in [0.5, 0.6) is 0 Å². The molecule has 1 N–H and O–H groups in total. The maximum absolute atomic E-state index is 12.9. The number of fused-ring (bicyclic) bond motifs is 1. The first-order valence-electron chi connectivity index (χ1n) is 8.59. The summed E-state index contributed by atoms with van der Waals surface area (Å²) in [5.74, 6) is -1.05. The number of hydrogen-bond donors (Lipinski definition) is 1. The Kier molecular flexibility index (Phi) is 4.42. The predicted octanol–water partition coefficient (Wildman–Crippen LogP) is 3.58. The van der Waals surface area contributed by atoms with Crippen molar-refractivity contribution in [1.29, 1.82) is 0 Å². The maximum atomic E-state index is 12.9. The summed E-state index contributed by atoms with van der Waals surface area (Å²) in [6.07, 6.45) is 3.21. The zero-order valence-electron chi connectivity index (χ0n) is 14.1. The molecule has 6 heteroatoms. The smallest absolute Gasteiger partial charge is 0.326 e. The lowest BCUT2D eigenvalue weighted by Gasteiger charge is -2.21. The lowest BCUT2D eigenvalue weighted by Crippen LogP contribution is -2.41. The van der Waals surface area contributed by atoms with Crippen molar-refractivity contribution in [3.8, 4) is 10.4 Å². The molecule has 4 rings (SSSR count). The van der Waals surface area contributed by atoms with E-state index in [1.54, 1.807) is 17.5 Å². The molecule has 1 aliphatic rings. The Morgan fingerprint density at radius 1 is 1.19 bits per heavy atom. The highest BCUT2D eigenvalue weighted by molar-refractivity contribution is 7.22. The molecule has 0 aliphatic carbocycles. The highest BCUT2D eigenvalue weighted by atomic mass is 32.1. The molecule has 0 unspecified atom stereocenters. The van der Waals surface area contributed by atoms with Gasteiger partial charge < -0.3 is 10.0 Å². The van der Waals surface area contributed by atoms with Gasteiger partial charge in [0, 0.05) is 23.0 Å². The van der Waals surface area contributed by atoms with Gasteiger partial charge in [0.1, 0.15) is 10.9 Å². The molecule has 3 aromatic rings. The fourth-order valence-corrected chi connectivity index (χ4v) is 4.72. The van der Waals surface area contributed by atoms with E-state index >= 15 is 0 Å². The molecule has 0 saturated carbocycles. The van der Waals surface area contributed by atoms with Crippen LogP contribution in [-0.2, 0) is 16.0 Å². The van der Waals surface area contributed by atoms with Gasteiger partial charge in [-0.05, 0) is 30.0 Å². The maximum Gasteiger partial charge on any atom is 0.326 e. The van der Waals surface area contributed by atoms with Crippen LogP contribution in [0.15, 0.2) is 48.7 Å². The Balaban J connectivity index is 1.74. The number of aliphatic carboxylic acids is 1. The van der Waals surface area contributed by atoms with Crippen LogP contribution in [0.2, 0.25) is 0 Å². The highest BCUT2D eigenvalue weighted by Crippen LogP contribution is 2.38. The second-order valence-electron chi connectivity index (χ2n) is 6.39. The highest BCUT2D eigenvalue weighted by Gasteiger charge is 2.34. The number of carboxylic acids is 1. The quantitative estimate of drug-likeness (QED) is 0.766. The number of rotatable bonds is 4. The van der Waals surface area contributed by atoms with Gasteiger partial charge in [0.05, 0.1) is 6.42 Å². The number of benzene rings is 1. The summed E-state index contributed by atoms with van der Waals surface area (Å²) < 4.78 is 0. The Bertz CT molecular complexity index is 968. The Hall–Kier alpha value is -2.73. The molecular formula is C20H18N2O3S. The monoisotopic (exact) mass is 366 g/mol. The number of thiophene rings is 1. The molecule has 0 bridgehead atoms. The lowest BCUT2D eigenvalue weighted by molar-refractivity contribution is -0.147. The summed E-state index contributed by atoms with van der Waals surface area (Å²) in [7, 11) is 0. The minimum atomic E-state index is -0.920. The van der Waals surface area contributed by atoms with Crippen LogP contribution in [0.3, 0.4) is 0 Å². The lowest BCUT2D eigenvalue weighted by atomic mass is 10.0. The molecule has 1 atom stereocenters. The van der Waals surface area contributed by atoms with Crippen LogP contribution < -0.4 is 0 Å². The van der Waals surface area contributed by atoms with Gasteiger partial charge in [-0.2, -0.15) is 0 Å². The van der Waals surface area contributed by atoms with Gasteiger partial charge in [-0.25, -0.2) is 9.78 Å². The van der Waals surface area contributed by atoms with Crippen LogP contribution in [0.1, 0.15) is 18.4 Å². The van der Waals surface area contributed by atoms with Gasteiger partial charge in [0.15, 0.2) is 0 Å². The molecule has 1 fully saturated rings. The number of carboxylic acid groups (broad SMARTS) is 1. The van der Waals surface area contributed by atoms with Gasteiger partial charge >= 0.3 is 5.97 Å². The van der Waals surface area contributed by atoms with Gasteiger partial charge in [0.25, 0.3) is 0 Å². The second kappa shape index (κ2) is 6.88. The summed E-state index contributed by atoms with van der Waals surface area (Å²) in [6.45, 7) is 0.511. The van der Waals surface area contributed by atoms with Crippen molar-refractivity contribution in [1.82, 2.24) is 9.88 Å². The molecule has 3 heterocycles. The molecule has 1 aromatic carbocycles. The number of carbonyl (C=O) groups excluding carboxylic acids is 1. The fourth-order valence-electron chi connectivity index (χ4n) is 3.56. The predicted molar refractivity (Wildman–Crippen MR) is 101 cm³/mol. The molecule has 1 amide bonds. The van der Waals surface area contributed by atoms with E-state index in [0.717, 1.165) is 32.6 Å². The van der Waals surface area contributed by atoms with Crippen LogP contribution >= 0.6 is 11.3 Å². The SMILES string of the molecule is O=C(O)[C@H]1CCCN1C(=O)Cc1c(-c2ccccc2)sc2ncccc12. The van der Waals surface area contributed by atoms with Crippen molar-refractivity contribution in [2.24, 2.45) is 0 Å². The molecule has 0 radical (unpaired) electrons. The molecule has 1 saturated heterocycles. The van der Waals surface area contributed by atoms with Crippen molar-refractivity contribution < 1.29 is 14.7 Å². The Labute approximate surface area is 154 Å².